The summed E-state index contributed by atoms with van der Waals surface area (Å²) in [4.78, 5) is 34.6. The van der Waals surface area contributed by atoms with E-state index >= 15 is 0 Å². The van der Waals surface area contributed by atoms with Gasteiger partial charge in [-0.05, 0) is 24.3 Å². The van der Waals surface area contributed by atoms with Gasteiger partial charge in [-0.3, -0.25) is 19.7 Å². The smallest absolute Gasteiger partial charge is 0.306 e. The van der Waals surface area contributed by atoms with Crippen molar-refractivity contribution in [3.05, 3.63) is 86.7 Å². The molecule has 0 aliphatic heterocycles. The predicted molar refractivity (Wildman–Crippen MR) is 108 cm³/mol. The fourth-order valence-corrected chi connectivity index (χ4v) is 3.11. The normalized spacial score (nSPS) is 11.6. The Labute approximate surface area is 176 Å². The van der Waals surface area contributed by atoms with Crippen molar-refractivity contribution in [2.45, 2.75) is 25.4 Å². The number of nitro groups is 1. The van der Waals surface area contributed by atoms with Crippen molar-refractivity contribution in [1.82, 2.24) is 0 Å². The Kier molecular flexibility index (Phi) is 8.20. The number of aliphatic hydroxyl groups excluding tert-OH is 1. The number of halogens is 2. The SMILES string of the molecule is C=CCOC(=O)CCC(=O)c1ccc([N+](=O)[O-])c(CC(O)c2c(F)cccc2Cl)c1. The maximum absolute atomic E-state index is 14.1. The van der Waals surface area contributed by atoms with Gasteiger partial charge in [0.1, 0.15) is 12.4 Å². The first-order valence-electron chi connectivity index (χ1n) is 8.93. The molecule has 30 heavy (non-hydrogen) atoms. The number of carbonyl (C=O) groups is 2. The number of rotatable bonds is 10. The number of esters is 1. The summed E-state index contributed by atoms with van der Waals surface area (Å²) in [6.07, 6.45) is -0.715. The minimum Gasteiger partial charge on any atom is -0.461 e. The van der Waals surface area contributed by atoms with Crippen LogP contribution in [0.5, 0.6) is 0 Å². The lowest BCUT2D eigenvalue weighted by atomic mass is 9.96. The summed E-state index contributed by atoms with van der Waals surface area (Å²) in [5.74, 6) is -1.75. The van der Waals surface area contributed by atoms with Crippen molar-refractivity contribution < 1.29 is 28.7 Å². The lowest BCUT2D eigenvalue weighted by Gasteiger charge is -2.14. The van der Waals surface area contributed by atoms with Crippen molar-refractivity contribution in [1.29, 1.82) is 0 Å². The second kappa shape index (κ2) is 10.6. The molecule has 1 atom stereocenters. The van der Waals surface area contributed by atoms with Gasteiger partial charge in [-0.25, -0.2) is 4.39 Å². The molecule has 1 unspecified atom stereocenters. The topological polar surface area (TPSA) is 107 Å². The molecule has 0 bridgehead atoms. The Bertz CT molecular complexity index is 958. The molecule has 1 N–H and O–H groups in total. The van der Waals surface area contributed by atoms with Gasteiger partial charge in [0.2, 0.25) is 0 Å². The number of nitro benzene ring substituents is 1. The quantitative estimate of drug-likeness (QED) is 0.195. The van der Waals surface area contributed by atoms with Crippen LogP contribution < -0.4 is 0 Å². The molecule has 0 aromatic heterocycles. The number of carbonyl (C=O) groups excluding carboxylic acids is 2. The van der Waals surface area contributed by atoms with Crippen LogP contribution in [-0.2, 0) is 16.0 Å². The summed E-state index contributed by atoms with van der Waals surface area (Å²) in [6.45, 7) is 3.45. The van der Waals surface area contributed by atoms with Crippen LogP contribution in [0.1, 0.15) is 40.4 Å². The first-order valence-corrected chi connectivity index (χ1v) is 9.31. The summed E-state index contributed by atoms with van der Waals surface area (Å²) in [6, 6.07) is 7.53. The second-order valence-corrected chi connectivity index (χ2v) is 6.76. The van der Waals surface area contributed by atoms with Gasteiger partial charge in [-0.15, -0.1) is 0 Å². The minimum absolute atomic E-state index is 0.0181. The highest BCUT2D eigenvalue weighted by atomic mass is 35.5. The van der Waals surface area contributed by atoms with Crippen LogP contribution in [0.2, 0.25) is 5.02 Å². The van der Waals surface area contributed by atoms with E-state index < -0.39 is 28.6 Å². The van der Waals surface area contributed by atoms with Crippen molar-refractivity contribution in [3.63, 3.8) is 0 Å². The van der Waals surface area contributed by atoms with Gasteiger partial charge in [0.25, 0.3) is 5.69 Å². The number of nitrogens with zero attached hydrogens (tertiary/aromatic N) is 1. The van der Waals surface area contributed by atoms with Gasteiger partial charge in [0, 0.05) is 40.6 Å². The number of aliphatic hydroxyl groups is 1. The fraction of sp³-hybridized carbons (Fsp3) is 0.238. The zero-order valence-electron chi connectivity index (χ0n) is 15.8. The first-order chi connectivity index (χ1) is 14.2. The summed E-state index contributed by atoms with van der Waals surface area (Å²) in [7, 11) is 0. The molecular formula is C21H19ClFNO6. The molecule has 2 aromatic carbocycles. The molecule has 0 spiro atoms. The van der Waals surface area contributed by atoms with Crippen LogP contribution in [-0.4, -0.2) is 28.4 Å². The van der Waals surface area contributed by atoms with Gasteiger partial charge >= 0.3 is 5.97 Å². The summed E-state index contributed by atoms with van der Waals surface area (Å²) in [5.41, 5.74) is -0.357. The van der Waals surface area contributed by atoms with Gasteiger partial charge < -0.3 is 9.84 Å². The Hall–Kier alpha value is -3.10. The molecule has 0 radical (unpaired) electrons. The van der Waals surface area contributed by atoms with Crippen LogP contribution in [0.4, 0.5) is 10.1 Å². The Morgan fingerprint density at radius 3 is 2.67 bits per heavy atom. The number of hydrogen-bond acceptors (Lipinski definition) is 6. The molecule has 0 amide bonds. The van der Waals surface area contributed by atoms with Crippen LogP contribution >= 0.6 is 11.6 Å². The maximum atomic E-state index is 14.1. The van der Waals surface area contributed by atoms with Crippen LogP contribution in [0.3, 0.4) is 0 Å². The van der Waals surface area contributed by atoms with Gasteiger partial charge in [-0.2, -0.15) is 0 Å². The van der Waals surface area contributed by atoms with Crippen molar-refractivity contribution >= 4 is 29.0 Å². The van der Waals surface area contributed by atoms with Gasteiger partial charge in [0.05, 0.1) is 17.4 Å². The zero-order chi connectivity index (χ0) is 22.3. The van der Waals surface area contributed by atoms with E-state index in [1.165, 1.54) is 30.3 Å². The predicted octanol–water partition coefficient (Wildman–Crippen LogP) is 4.36. The fourth-order valence-electron chi connectivity index (χ4n) is 2.82. The number of hydrogen-bond donors (Lipinski definition) is 1. The lowest BCUT2D eigenvalue weighted by molar-refractivity contribution is -0.385. The molecule has 0 aliphatic rings. The van der Waals surface area contributed by atoms with E-state index in [2.05, 4.69) is 6.58 Å². The summed E-state index contributed by atoms with van der Waals surface area (Å²) < 4.78 is 18.8. The van der Waals surface area contributed by atoms with Crippen molar-refractivity contribution in [3.8, 4) is 0 Å². The molecule has 0 saturated carbocycles. The standard InChI is InChI=1S/C21H19ClFNO6/c1-2-10-30-20(27)9-8-18(25)13-6-7-17(24(28)29)14(11-13)12-19(26)21-15(22)4-3-5-16(21)23/h2-7,11,19,26H,1,8-10,12H2. The molecule has 9 heteroatoms. The first kappa shape index (κ1) is 23.2. The van der Waals surface area contributed by atoms with E-state index in [9.17, 15) is 29.2 Å². The molecule has 7 nitrogen and oxygen atoms in total. The van der Waals surface area contributed by atoms with Crippen LogP contribution in [0.15, 0.2) is 49.1 Å². The molecule has 0 saturated heterocycles. The highest BCUT2D eigenvalue weighted by Gasteiger charge is 2.23. The molecule has 0 heterocycles. The van der Waals surface area contributed by atoms with E-state index in [0.29, 0.717) is 0 Å². The molecule has 0 fully saturated rings. The van der Waals surface area contributed by atoms with Crippen molar-refractivity contribution in [2.75, 3.05) is 6.61 Å². The highest BCUT2D eigenvalue weighted by Crippen LogP contribution is 2.31. The van der Waals surface area contributed by atoms with E-state index in [4.69, 9.17) is 16.3 Å². The molecule has 0 aliphatic carbocycles. The number of Topliss-reactive ketones (excluding diaryl/α,β-unsaturated/α-hetero) is 1. The largest absolute Gasteiger partial charge is 0.461 e. The summed E-state index contributed by atoms with van der Waals surface area (Å²) >= 11 is 5.94. The Morgan fingerprint density at radius 2 is 2.03 bits per heavy atom. The molecule has 2 aromatic rings. The molecule has 158 valence electrons. The Balaban J connectivity index is 2.24. The third kappa shape index (κ3) is 5.95. The second-order valence-electron chi connectivity index (χ2n) is 6.35. The number of benzene rings is 2. The van der Waals surface area contributed by atoms with E-state index in [0.717, 1.165) is 12.1 Å². The lowest BCUT2D eigenvalue weighted by Crippen LogP contribution is -2.10. The maximum Gasteiger partial charge on any atom is 0.306 e. The highest BCUT2D eigenvalue weighted by molar-refractivity contribution is 6.31. The van der Waals surface area contributed by atoms with E-state index in [1.807, 2.05) is 0 Å². The Morgan fingerprint density at radius 1 is 1.30 bits per heavy atom. The van der Waals surface area contributed by atoms with Crippen LogP contribution in [0, 0.1) is 15.9 Å². The van der Waals surface area contributed by atoms with Crippen molar-refractivity contribution in [2.24, 2.45) is 0 Å². The van der Waals surface area contributed by atoms with Crippen LogP contribution in [0.25, 0.3) is 0 Å². The molecule has 2 rings (SSSR count). The third-order valence-electron chi connectivity index (χ3n) is 4.26. The monoisotopic (exact) mass is 435 g/mol. The average Bonchev–Trinajstić information content (AvgIpc) is 2.70. The zero-order valence-corrected chi connectivity index (χ0v) is 16.6. The number of ketones is 1. The van der Waals surface area contributed by atoms with Gasteiger partial charge in [-0.1, -0.05) is 30.3 Å². The molecular weight excluding hydrogens is 417 g/mol. The third-order valence-corrected chi connectivity index (χ3v) is 4.59. The van der Waals surface area contributed by atoms with E-state index in [1.54, 1.807) is 0 Å². The van der Waals surface area contributed by atoms with E-state index in [-0.39, 0.29) is 53.3 Å². The summed E-state index contributed by atoms with van der Waals surface area (Å²) in [5, 5.41) is 21.8. The van der Waals surface area contributed by atoms with Gasteiger partial charge in [0.15, 0.2) is 5.78 Å². The average molecular weight is 436 g/mol. The number of ether oxygens (including phenoxy) is 1. The minimum atomic E-state index is -1.46.